The van der Waals surface area contributed by atoms with E-state index in [1.165, 1.54) is 80.7 Å². The van der Waals surface area contributed by atoms with E-state index in [4.69, 9.17) is 42.3 Å². The molecule has 10 heterocycles. The Morgan fingerprint density at radius 2 is 0.405 bits per heavy atom. The zero-order chi connectivity index (χ0) is 97.1. The molecule has 0 amide bonds. The maximum Gasteiger partial charge on any atom is 0.156 e. The summed E-state index contributed by atoms with van der Waals surface area (Å²) in [7, 11) is 0. The molecule has 0 unspecified atom stereocenters. The lowest BCUT2D eigenvalue weighted by atomic mass is 9.91. The minimum atomic E-state index is 0.769. The number of nitrogens with zero attached hydrogens (tertiary/aromatic N) is 4. The van der Waals surface area contributed by atoms with Gasteiger partial charge in [-0.05, 0) is 269 Å². The van der Waals surface area contributed by atoms with Gasteiger partial charge in [-0.25, -0.2) is 0 Å². The number of para-hydroxylation sites is 17. The first kappa shape index (κ1) is 83.9. The molecule has 0 atom stereocenters. The maximum atomic E-state index is 6.47. The standard InChI is InChI=1S/C40H25NO2.C34H21NO2.C30H17NO3.C30H17NO2S/c1-2-12-30-27(10-1)11-9-15-33(30)32-14-4-3-13-31(32)28-22-20-26(21-23-28)29-24-38-40-39(25-29)43-37-19-8-6-17-35(37)41(40)34-16-5-7-18-36(34)42-38;1-2-10-26-23(8-1)9-7-11-27(26)24-18-16-22(17-19-24)25-20-32-34-33(21-25)37-31-15-6-4-13-29(31)35(34)28-12-3-5-14-30(28)36-32;1-4-12-23-20(8-1)29-19(9-7-15-26(29)32-23)18-16-27-30-28(17-18)34-25-14-6-3-11-22(25)31(30)21-10-2-5-13-24(21)33-27;1-6-14-27-20(8-1)29-19(9-7-15-28(29)34-27)18-16-25-30-26(17-18)33-24-13-5-3-11-22(24)31(30)21-10-2-4-12-23(21)32-25/h1-25H;1-21H;2*1-17H. The molecule has 2 aromatic heterocycles. The van der Waals surface area contributed by atoms with Crippen LogP contribution in [0.1, 0.15) is 0 Å². The highest BCUT2D eigenvalue weighted by Gasteiger charge is 2.41. The Labute approximate surface area is 854 Å². The van der Waals surface area contributed by atoms with Crippen LogP contribution in [0.25, 0.3) is 142 Å². The number of thiophene rings is 1. The second-order valence-corrected chi connectivity index (χ2v) is 38.6. The van der Waals surface area contributed by atoms with Crippen LogP contribution in [0.5, 0.6) is 92.0 Å². The van der Waals surface area contributed by atoms with Crippen molar-refractivity contribution >= 4 is 143 Å². The second-order valence-electron chi connectivity index (χ2n) is 37.5. The largest absolute Gasteiger partial charge is 0.456 e. The number of rotatable bonds is 7. The van der Waals surface area contributed by atoms with E-state index < -0.39 is 0 Å². The van der Waals surface area contributed by atoms with Crippen molar-refractivity contribution < 1.29 is 42.3 Å². The molecule has 0 saturated carbocycles. The zero-order valence-electron chi connectivity index (χ0n) is 79.1. The zero-order valence-corrected chi connectivity index (χ0v) is 79.9. The summed E-state index contributed by atoms with van der Waals surface area (Å²) < 4.78 is 60.3. The van der Waals surface area contributed by atoms with Gasteiger partial charge in [0, 0.05) is 30.9 Å². The van der Waals surface area contributed by atoms with E-state index in [0.717, 1.165) is 221 Å². The number of hydrogen-bond donors (Lipinski definition) is 0. The van der Waals surface area contributed by atoms with Gasteiger partial charge >= 0.3 is 0 Å². The number of furan rings is 1. The van der Waals surface area contributed by atoms with E-state index >= 15 is 0 Å². The van der Waals surface area contributed by atoms with Gasteiger partial charge in [0.1, 0.15) is 33.9 Å². The summed E-state index contributed by atoms with van der Waals surface area (Å²) in [5.41, 5.74) is 29.5. The summed E-state index contributed by atoms with van der Waals surface area (Å²) in [6.07, 6.45) is 0. The Morgan fingerprint density at radius 1 is 0.149 bits per heavy atom. The molecule has 0 radical (unpaired) electrons. The first-order chi connectivity index (χ1) is 73.3. The summed E-state index contributed by atoms with van der Waals surface area (Å²) in [6, 6.07) is 168. The summed E-state index contributed by atoms with van der Waals surface area (Å²) >= 11 is 1.83. The Kier molecular flexibility index (Phi) is 19.3. The first-order valence-corrected chi connectivity index (χ1v) is 50.3. The Hall–Kier alpha value is -19.8. The van der Waals surface area contributed by atoms with Crippen LogP contribution in [0.2, 0.25) is 0 Å². The van der Waals surface area contributed by atoms with E-state index in [9.17, 15) is 0 Å². The van der Waals surface area contributed by atoms with Crippen molar-refractivity contribution in [3.05, 3.63) is 485 Å². The topological polar surface area (TPSA) is 99.9 Å². The summed E-state index contributed by atoms with van der Waals surface area (Å²) in [6.45, 7) is 0. The molecule has 8 aliphatic rings. The van der Waals surface area contributed by atoms with Crippen LogP contribution < -0.4 is 57.5 Å². The van der Waals surface area contributed by atoms with Crippen molar-refractivity contribution in [2.45, 2.75) is 0 Å². The Morgan fingerprint density at radius 3 is 0.811 bits per heavy atom. The number of fused-ring (bicyclic) bond motifs is 24. The van der Waals surface area contributed by atoms with Crippen molar-refractivity contribution in [1.82, 2.24) is 0 Å². The van der Waals surface area contributed by atoms with Crippen LogP contribution >= 0.6 is 11.3 Å². The van der Waals surface area contributed by atoms with Gasteiger partial charge in [0.15, 0.2) is 92.0 Å². The molecule has 23 aromatic carbocycles. The van der Waals surface area contributed by atoms with E-state index in [2.05, 4.69) is 329 Å². The molecule has 0 spiro atoms. The molecule has 8 aliphatic heterocycles. The smallest absolute Gasteiger partial charge is 0.156 e. The highest BCUT2D eigenvalue weighted by Crippen LogP contribution is 2.67. The summed E-state index contributed by atoms with van der Waals surface area (Å²) in [4.78, 5) is 8.99. The minimum absolute atomic E-state index is 0.769. The number of anilines is 12. The van der Waals surface area contributed by atoms with Crippen molar-refractivity contribution in [2.24, 2.45) is 0 Å². The number of hydrogen-bond acceptors (Lipinski definition) is 14. The highest BCUT2D eigenvalue weighted by molar-refractivity contribution is 7.26. The van der Waals surface area contributed by atoms with E-state index in [-0.39, 0.29) is 0 Å². The molecule has 148 heavy (non-hydrogen) atoms. The highest BCUT2D eigenvalue weighted by atomic mass is 32.1. The quantitative estimate of drug-likeness (QED) is 0.152. The molecule has 0 aliphatic carbocycles. The van der Waals surface area contributed by atoms with Crippen LogP contribution in [0.4, 0.5) is 68.2 Å². The molecule has 0 bridgehead atoms. The van der Waals surface area contributed by atoms with Crippen molar-refractivity contribution in [3.63, 3.8) is 0 Å². The Bertz CT molecular complexity index is 9280. The van der Waals surface area contributed by atoms with Crippen molar-refractivity contribution in [3.8, 4) is 170 Å². The summed E-state index contributed by atoms with van der Waals surface area (Å²) in [5, 5.41) is 9.76. The molecule has 33 rings (SSSR count). The minimum Gasteiger partial charge on any atom is -0.456 e. The van der Waals surface area contributed by atoms with Gasteiger partial charge in [-0.3, -0.25) is 19.6 Å². The molecule has 14 heteroatoms. The molecular formula is C134H80N4O9S. The first-order valence-electron chi connectivity index (χ1n) is 49.5. The third-order valence-electron chi connectivity index (χ3n) is 28.9. The van der Waals surface area contributed by atoms with Crippen molar-refractivity contribution in [1.29, 1.82) is 0 Å². The van der Waals surface area contributed by atoms with Crippen LogP contribution in [-0.4, -0.2) is 0 Å². The molecule has 0 saturated heterocycles. The summed E-state index contributed by atoms with van der Waals surface area (Å²) in [5.74, 6) is 12.9. The molecule has 25 aromatic rings. The van der Waals surface area contributed by atoms with Crippen LogP contribution in [0.3, 0.4) is 0 Å². The van der Waals surface area contributed by atoms with Crippen LogP contribution in [-0.2, 0) is 0 Å². The van der Waals surface area contributed by atoms with Gasteiger partial charge in [0.25, 0.3) is 0 Å². The van der Waals surface area contributed by atoms with E-state index in [0.29, 0.717) is 0 Å². The van der Waals surface area contributed by atoms with Gasteiger partial charge in [-0.2, -0.15) is 0 Å². The third kappa shape index (κ3) is 13.8. The SMILES string of the molecule is c1ccc2c(c1)Oc1cc(-c3ccc(-c4cccc5ccccc45)cc3)cc3c1N2c1ccccc1O3.c1ccc2c(c1)Oc1cc(-c3ccc(-c4ccccc4-c4cccc5ccccc45)cc3)cc3c1N2c1ccccc1O3.c1ccc2c(c1)Oc1cc(-c3cccc4oc5ccccc5c34)cc3c1N2c1ccccc1O3.c1ccc2c(c1)Oc1cc(-c3cccc4sc5ccccc5c34)cc3c1N2c1ccccc1O3. The molecule has 0 N–H and O–H groups in total. The third-order valence-corrected chi connectivity index (χ3v) is 30.1. The number of benzene rings is 23. The van der Waals surface area contributed by atoms with Gasteiger partial charge < -0.3 is 42.3 Å². The lowest BCUT2D eigenvalue weighted by Gasteiger charge is -2.38. The van der Waals surface area contributed by atoms with Crippen LogP contribution in [0.15, 0.2) is 490 Å². The average Bonchev–Trinajstić information content (AvgIpc) is 1.49. The van der Waals surface area contributed by atoms with Gasteiger partial charge in [0.2, 0.25) is 0 Å². The van der Waals surface area contributed by atoms with Gasteiger partial charge in [-0.1, -0.05) is 315 Å². The molecule has 696 valence electrons. The van der Waals surface area contributed by atoms with Gasteiger partial charge in [-0.15, -0.1) is 11.3 Å². The second kappa shape index (κ2) is 34.0. The monoisotopic (exact) mass is 1920 g/mol. The van der Waals surface area contributed by atoms with Crippen LogP contribution in [0, 0.1) is 0 Å². The fraction of sp³-hybridized carbons (Fsp3) is 0. The molecule has 0 fully saturated rings. The number of ether oxygens (including phenoxy) is 8. The average molecular weight is 1920 g/mol. The molecular weight excluding hydrogens is 1840 g/mol. The lowest BCUT2D eigenvalue weighted by molar-refractivity contribution is 0.446. The fourth-order valence-corrected chi connectivity index (χ4v) is 23.5. The fourth-order valence-electron chi connectivity index (χ4n) is 22.4. The van der Waals surface area contributed by atoms with E-state index in [1.54, 1.807) is 0 Å². The maximum absolute atomic E-state index is 6.47. The lowest BCUT2D eigenvalue weighted by Crippen LogP contribution is -2.20. The van der Waals surface area contributed by atoms with Gasteiger partial charge in [0.05, 0.1) is 45.5 Å². The molecule has 13 nitrogen and oxygen atoms in total. The predicted molar refractivity (Wildman–Crippen MR) is 598 cm³/mol. The van der Waals surface area contributed by atoms with E-state index in [1.807, 2.05) is 187 Å². The van der Waals surface area contributed by atoms with Crippen molar-refractivity contribution in [2.75, 3.05) is 19.6 Å². The predicted octanol–water partition coefficient (Wildman–Crippen LogP) is 39.7. The Balaban J connectivity index is 0.0000000914. The normalized spacial score (nSPS) is 12.8.